The number of nitrogens with one attached hydrogen (secondary N) is 1. The van der Waals surface area contributed by atoms with Gasteiger partial charge in [-0.25, -0.2) is 0 Å². The Morgan fingerprint density at radius 1 is 1.00 bits per heavy atom. The molecule has 3 heteroatoms. The number of hydrogen-bond donors (Lipinski definition) is 1. The van der Waals surface area contributed by atoms with Crippen LogP contribution in [0.25, 0.3) is 0 Å². The minimum atomic E-state index is 1.19. The average molecular weight is 202 g/mol. The first-order valence-electron chi connectivity index (χ1n) is 5.36. The lowest BCUT2D eigenvalue weighted by molar-refractivity contribution is 0.328. The van der Waals surface area contributed by atoms with Crippen LogP contribution in [0, 0.1) is 0 Å². The summed E-state index contributed by atoms with van der Waals surface area (Å²) in [6, 6.07) is 0. The first-order chi connectivity index (χ1) is 6.39. The van der Waals surface area contributed by atoms with Gasteiger partial charge in [0.25, 0.3) is 0 Å². The molecule has 1 N–H and O–H groups in total. The highest BCUT2D eigenvalue weighted by atomic mass is 32.2. The van der Waals surface area contributed by atoms with Crippen molar-refractivity contribution in [1.29, 1.82) is 0 Å². The number of nitrogens with zero attached hydrogens (tertiary/aromatic N) is 1. The predicted octanol–water partition coefficient (Wildman–Crippen LogP) is 1.42. The standard InChI is InChI=1S/C10H22N2S/c1-12-7-2-5-11-6-3-9-13-10-4-8-12/h11H,2-10H2,1H3. The molecule has 13 heavy (non-hydrogen) atoms. The molecular weight excluding hydrogens is 180 g/mol. The average Bonchev–Trinajstić information content (AvgIpc) is 2.11. The molecule has 0 unspecified atom stereocenters. The summed E-state index contributed by atoms with van der Waals surface area (Å²) in [5.41, 5.74) is 0. The summed E-state index contributed by atoms with van der Waals surface area (Å²) >= 11 is 2.10. The van der Waals surface area contributed by atoms with Crippen molar-refractivity contribution < 1.29 is 0 Å². The van der Waals surface area contributed by atoms with E-state index in [0.29, 0.717) is 0 Å². The van der Waals surface area contributed by atoms with Gasteiger partial charge in [-0.3, -0.25) is 0 Å². The zero-order valence-electron chi connectivity index (χ0n) is 8.72. The smallest absolute Gasteiger partial charge is 0.000968 e. The van der Waals surface area contributed by atoms with Crippen LogP contribution in [0.2, 0.25) is 0 Å². The van der Waals surface area contributed by atoms with Gasteiger partial charge in [0.15, 0.2) is 0 Å². The monoisotopic (exact) mass is 202 g/mol. The van der Waals surface area contributed by atoms with Crippen LogP contribution >= 0.6 is 11.8 Å². The first kappa shape index (κ1) is 11.3. The van der Waals surface area contributed by atoms with Gasteiger partial charge in [0.05, 0.1) is 0 Å². The normalized spacial score (nSPS) is 24.7. The van der Waals surface area contributed by atoms with E-state index in [2.05, 4.69) is 29.0 Å². The third kappa shape index (κ3) is 6.36. The lowest BCUT2D eigenvalue weighted by atomic mass is 10.3. The van der Waals surface area contributed by atoms with Gasteiger partial charge in [-0.05, 0) is 64.0 Å². The fourth-order valence-corrected chi connectivity index (χ4v) is 2.43. The summed E-state index contributed by atoms with van der Waals surface area (Å²) in [4.78, 5) is 2.45. The van der Waals surface area contributed by atoms with Crippen LogP contribution in [0.4, 0.5) is 0 Å². The maximum absolute atomic E-state index is 3.48. The molecule has 0 bridgehead atoms. The quantitative estimate of drug-likeness (QED) is 0.640. The molecular formula is C10H22N2S. The summed E-state index contributed by atoms with van der Waals surface area (Å²) in [5.74, 6) is 2.67. The van der Waals surface area contributed by atoms with Crippen LogP contribution in [0.3, 0.4) is 0 Å². The maximum Gasteiger partial charge on any atom is -0.000968 e. The number of thioether (sulfide) groups is 1. The molecule has 0 spiro atoms. The van der Waals surface area contributed by atoms with Crippen LogP contribution in [0.1, 0.15) is 19.3 Å². The molecule has 1 saturated heterocycles. The van der Waals surface area contributed by atoms with Crippen molar-refractivity contribution in [2.45, 2.75) is 19.3 Å². The molecule has 1 fully saturated rings. The Hall–Kier alpha value is 0.270. The van der Waals surface area contributed by atoms with Crippen molar-refractivity contribution in [3.63, 3.8) is 0 Å². The maximum atomic E-state index is 3.48. The second kappa shape index (κ2) is 7.65. The lowest BCUT2D eigenvalue weighted by Gasteiger charge is -2.17. The Labute approximate surface area is 86.5 Å². The fraction of sp³-hybridized carbons (Fsp3) is 1.00. The van der Waals surface area contributed by atoms with Gasteiger partial charge in [0.2, 0.25) is 0 Å². The highest BCUT2D eigenvalue weighted by Crippen LogP contribution is 2.05. The van der Waals surface area contributed by atoms with E-state index in [4.69, 9.17) is 0 Å². The molecule has 0 saturated carbocycles. The van der Waals surface area contributed by atoms with E-state index in [1.54, 1.807) is 0 Å². The zero-order valence-corrected chi connectivity index (χ0v) is 9.54. The Morgan fingerprint density at radius 3 is 2.62 bits per heavy atom. The van der Waals surface area contributed by atoms with E-state index < -0.39 is 0 Å². The first-order valence-corrected chi connectivity index (χ1v) is 6.52. The summed E-state index contributed by atoms with van der Waals surface area (Å²) in [5, 5.41) is 3.48. The minimum Gasteiger partial charge on any atom is -0.317 e. The summed E-state index contributed by atoms with van der Waals surface area (Å²) in [7, 11) is 2.23. The van der Waals surface area contributed by atoms with E-state index in [0.717, 1.165) is 0 Å². The Bertz CT molecular complexity index is 107. The molecule has 1 aliphatic heterocycles. The zero-order chi connectivity index (χ0) is 9.36. The van der Waals surface area contributed by atoms with E-state index in [1.807, 2.05) is 0 Å². The van der Waals surface area contributed by atoms with Crippen molar-refractivity contribution in [2.75, 3.05) is 44.7 Å². The third-order valence-electron chi connectivity index (χ3n) is 2.36. The van der Waals surface area contributed by atoms with Gasteiger partial charge in [0, 0.05) is 0 Å². The number of rotatable bonds is 0. The SMILES string of the molecule is CN1CCCNCCCSCCC1. The second-order valence-electron chi connectivity index (χ2n) is 3.73. The van der Waals surface area contributed by atoms with E-state index in [-0.39, 0.29) is 0 Å². The Morgan fingerprint density at radius 2 is 1.69 bits per heavy atom. The third-order valence-corrected chi connectivity index (χ3v) is 3.52. The summed E-state index contributed by atoms with van der Waals surface area (Å²) in [6.07, 6.45) is 3.98. The van der Waals surface area contributed by atoms with Gasteiger partial charge in [0.1, 0.15) is 0 Å². The molecule has 1 aliphatic rings. The van der Waals surface area contributed by atoms with Gasteiger partial charge >= 0.3 is 0 Å². The van der Waals surface area contributed by atoms with Crippen LogP contribution in [-0.4, -0.2) is 49.6 Å². The van der Waals surface area contributed by atoms with Gasteiger partial charge in [-0.1, -0.05) is 0 Å². The molecule has 0 atom stereocenters. The molecule has 0 amide bonds. The van der Waals surface area contributed by atoms with Gasteiger partial charge < -0.3 is 10.2 Å². The minimum absolute atomic E-state index is 1.19. The van der Waals surface area contributed by atoms with E-state index >= 15 is 0 Å². The van der Waals surface area contributed by atoms with Crippen molar-refractivity contribution in [3.8, 4) is 0 Å². The largest absolute Gasteiger partial charge is 0.317 e. The van der Waals surface area contributed by atoms with Crippen molar-refractivity contribution in [1.82, 2.24) is 10.2 Å². The Kier molecular flexibility index (Phi) is 6.68. The highest BCUT2D eigenvalue weighted by molar-refractivity contribution is 7.99. The molecule has 0 aromatic heterocycles. The van der Waals surface area contributed by atoms with Crippen LogP contribution in [0.5, 0.6) is 0 Å². The van der Waals surface area contributed by atoms with E-state index in [1.165, 1.54) is 56.9 Å². The molecule has 1 rings (SSSR count). The molecule has 78 valence electrons. The topological polar surface area (TPSA) is 15.3 Å². The van der Waals surface area contributed by atoms with Crippen LogP contribution < -0.4 is 5.32 Å². The highest BCUT2D eigenvalue weighted by Gasteiger charge is 1.99. The number of hydrogen-bond acceptors (Lipinski definition) is 3. The second-order valence-corrected chi connectivity index (χ2v) is 4.95. The lowest BCUT2D eigenvalue weighted by Crippen LogP contribution is -2.26. The molecule has 0 radical (unpaired) electrons. The summed E-state index contributed by atoms with van der Waals surface area (Å²) in [6.45, 7) is 4.91. The van der Waals surface area contributed by atoms with Gasteiger partial charge in [-0.15, -0.1) is 0 Å². The van der Waals surface area contributed by atoms with Crippen molar-refractivity contribution in [3.05, 3.63) is 0 Å². The van der Waals surface area contributed by atoms with Crippen LogP contribution in [0.15, 0.2) is 0 Å². The molecule has 0 aromatic rings. The predicted molar refractivity (Wildman–Crippen MR) is 61.5 cm³/mol. The summed E-state index contributed by atoms with van der Waals surface area (Å²) < 4.78 is 0. The molecule has 2 nitrogen and oxygen atoms in total. The van der Waals surface area contributed by atoms with Crippen molar-refractivity contribution in [2.24, 2.45) is 0 Å². The fourth-order valence-electron chi connectivity index (χ4n) is 1.55. The Balaban J connectivity index is 2.11. The van der Waals surface area contributed by atoms with E-state index in [9.17, 15) is 0 Å². The van der Waals surface area contributed by atoms with Gasteiger partial charge in [-0.2, -0.15) is 11.8 Å². The van der Waals surface area contributed by atoms with Crippen molar-refractivity contribution >= 4 is 11.8 Å². The van der Waals surface area contributed by atoms with Crippen LogP contribution in [-0.2, 0) is 0 Å². The molecule has 0 aliphatic carbocycles. The molecule has 0 aromatic carbocycles. The molecule has 1 heterocycles.